The van der Waals surface area contributed by atoms with Gasteiger partial charge in [-0.25, -0.2) is 9.97 Å². The highest BCUT2D eigenvalue weighted by molar-refractivity contribution is 7.19. The maximum Gasteiger partial charge on any atom is 0.231 e. The zero-order chi connectivity index (χ0) is 17.2. The number of aryl methyl sites for hydroxylation is 1. The summed E-state index contributed by atoms with van der Waals surface area (Å²) in [7, 11) is 0. The van der Waals surface area contributed by atoms with E-state index in [0.717, 1.165) is 27.6 Å². The molecule has 122 valence electrons. The molecular formula is C20H14N2O2S. The second-order valence-corrected chi connectivity index (χ2v) is 6.75. The van der Waals surface area contributed by atoms with Crippen molar-refractivity contribution in [1.29, 1.82) is 0 Å². The summed E-state index contributed by atoms with van der Waals surface area (Å²) < 4.78 is 6.01. The molecule has 0 atom stereocenters. The van der Waals surface area contributed by atoms with Crippen LogP contribution in [0, 0.1) is 6.92 Å². The van der Waals surface area contributed by atoms with Crippen molar-refractivity contribution in [3.05, 3.63) is 71.4 Å². The van der Waals surface area contributed by atoms with Gasteiger partial charge in [-0.05, 0) is 36.8 Å². The van der Waals surface area contributed by atoms with Crippen LogP contribution >= 0.6 is 11.3 Å². The van der Waals surface area contributed by atoms with Gasteiger partial charge in [0.1, 0.15) is 23.2 Å². The van der Waals surface area contributed by atoms with Crippen LogP contribution < -0.4 is 4.74 Å². The molecule has 0 spiro atoms. The molecule has 2 aromatic heterocycles. The van der Waals surface area contributed by atoms with Crippen molar-refractivity contribution in [2.45, 2.75) is 6.92 Å². The highest BCUT2D eigenvalue weighted by Gasteiger charge is 2.18. The van der Waals surface area contributed by atoms with Gasteiger partial charge in [0, 0.05) is 16.0 Å². The Balaban J connectivity index is 1.85. The quantitative estimate of drug-likeness (QED) is 0.472. The van der Waals surface area contributed by atoms with Gasteiger partial charge in [0.2, 0.25) is 5.88 Å². The largest absolute Gasteiger partial charge is 0.438 e. The summed E-state index contributed by atoms with van der Waals surface area (Å²) in [6.45, 7) is 2.08. The molecule has 0 unspecified atom stereocenters. The molecule has 2 aromatic carbocycles. The van der Waals surface area contributed by atoms with Gasteiger partial charge in [-0.15, -0.1) is 11.3 Å². The van der Waals surface area contributed by atoms with E-state index < -0.39 is 0 Å². The first-order chi connectivity index (χ1) is 12.3. The van der Waals surface area contributed by atoms with E-state index in [1.54, 1.807) is 35.6 Å². The highest BCUT2D eigenvalue weighted by atomic mass is 32.1. The van der Waals surface area contributed by atoms with Gasteiger partial charge in [-0.1, -0.05) is 30.3 Å². The first-order valence-corrected chi connectivity index (χ1v) is 8.60. The van der Waals surface area contributed by atoms with E-state index in [1.807, 2.05) is 18.2 Å². The molecule has 0 N–H and O–H groups in total. The Hall–Kier alpha value is -3.05. The summed E-state index contributed by atoms with van der Waals surface area (Å²) in [6, 6.07) is 17.1. The average Bonchev–Trinajstić information content (AvgIpc) is 3.00. The minimum absolute atomic E-state index is 0.520. The van der Waals surface area contributed by atoms with Crippen molar-refractivity contribution in [3.8, 4) is 22.8 Å². The number of thiophene rings is 1. The summed E-state index contributed by atoms with van der Waals surface area (Å²) in [6.07, 6.45) is 2.32. The van der Waals surface area contributed by atoms with E-state index in [-0.39, 0.29) is 0 Å². The summed E-state index contributed by atoms with van der Waals surface area (Å²) in [5.41, 5.74) is 2.82. The zero-order valence-corrected chi connectivity index (χ0v) is 14.3. The molecular weight excluding hydrogens is 332 g/mol. The predicted octanol–water partition coefficient (Wildman–Crippen LogP) is 5.27. The number of carbonyl (C=O) groups excluding carboxylic acids is 1. The predicted molar refractivity (Wildman–Crippen MR) is 99.5 cm³/mol. The second-order valence-electron chi connectivity index (χ2n) is 5.55. The summed E-state index contributed by atoms with van der Waals surface area (Å²) in [4.78, 5) is 21.6. The van der Waals surface area contributed by atoms with Crippen LogP contribution in [0.2, 0.25) is 0 Å². The van der Waals surface area contributed by atoms with Crippen LogP contribution in [0.15, 0.2) is 60.9 Å². The van der Waals surface area contributed by atoms with Gasteiger partial charge in [0.25, 0.3) is 0 Å². The lowest BCUT2D eigenvalue weighted by atomic mass is 10.0. The van der Waals surface area contributed by atoms with Gasteiger partial charge in [-0.3, -0.25) is 4.79 Å². The van der Waals surface area contributed by atoms with E-state index in [0.29, 0.717) is 17.2 Å². The number of carbonyl (C=O) groups is 1. The lowest BCUT2D eigenvalue weighted by Crippen LogP contribution is -1.91. The Bertz CT molecular complexity index is 1040. The molecule has 0 aliphatic carbocycles. The molecule has 0 bridgehead atoms. The van der Waals surface area contributed by atoms with Gasteiger partial charge >= 0.3 is 0 Å². The van der Waals surface area contributed by atoms with Gasteiger partial charge < -0.3 is 4.74 Å². The van der Waals surface area contributed by atoms with Gasteiger partial charge in [0.05, 0.1) is 5.39 Å². The lowest BCUT2D eigenvalue weighted by Gasteiger charge is -2.08. The lowest BCUT2D eigenvalue weighted by molar-refractivity contribution is 0.112. The molecule has 25 heavy (non-hydrogen) atoms. The zero-order valence-electron chi connectivity index (χ0n) is 13.5. The third kappa shape index (κ3) is 2.90. The Kier molecular flexibility index (Phi) is 3.99. The SMILES string of the molecule is Cc1sc2ncnc(Oc3ccc(C=O)cc3)c2c1-c1ccccc1. The van der Waals surface area contributed by atoms with Crippen molar-refractivity contribution >= 4 is 27.8 Å². The first kappa shape index (κ1) is 15.5. The summed E-state index contributed by atoms with van der Waals surface area (Å²) >= 11 is 1.63. The van der Waals surface area contributed by atoms with Crippen molar-refractivity contribution in [1.82, 2.24) is 9.97 Å². The second kappa shape index (κ2) is 6.45. The standard InChI is InChI=1S/C20H14N2O2S/c1-13-17(15-5-3-2-4-6-15)18-19(21-12-22-20(18)25-13)24-16-9-7-14(11-23)8-10-16/h2-12H,1H3. The minimum atomic E-state index is 0.520. The highest BCUT2D eigenvalue weighted by Crippen LogP contribution is 2.42. The molecule has 0 fully saturated rings. The molecule has 0 aliphatic rings. The molecule has 4 nitrogen and oxygen atoms in total. The average molecular weight is 346 g/mol. The molecule has 4 aromatic rings. The molecule has 0 aliphatic heterocycles. The van der Waals surface area contributed by atoms with E-state index in [4.69, 9.17) is 4.74 Å². The van der Waals surface area contributed by atoms with E-state index >= 15 is 0 Å². The van der Waals surface area contributed by atoms with Crippen LogP contribution in [0.4, 0.5) is 0 Å². The normalized spacial score (nSPS) is 10.8. The van der Waals surface area contributed by atoms with E-state index in [9.17, 15) is 4.79 Å². The third-order valence-corrected chi connectivity index (χ3v) is 4.94. The number of aldehydes is 1. The van der Waals surface area contributed by atoms with Crippen LogP contribution in [-0.2, 0) is 0 Å². The van der Waals surface area contributed by atoms with Gasteiger partial charge in [0.15, 0.2) is 0 Å². The first-order valence-electron chi connectivity index (χ1n) is 7.79. The number of hydrogen-bond acceptors (Lipinski definition) is 5. The van der Waals surface area contributed by atoms with E-state index in [1.165, 1.54) is 11.2 Å². The number of fused-ring (bicyclic) bond motifs is 1. The smallest absolute Gasteiger partial charge is 0.231 e. The minimum Gasteiger partial charge on any atom is -0.438 e. The molecule has 0 radical (unpaired) electrons. The van der Waals surface area contributed by atoms with Crippen LogP contribution in [-0.4, -0.2) is 16.3 Å². The molecule has 0 saturated carbocycles. The van der Waals surface area contributed by atoms with Crippen LogP contribution in [0.25, 0.3) is 21.3 Å². The van der Waals surface area contributed by atoms with Crippen molar-refractivity contribution in [2.75, 3.05) is 0 Å². The Morgan fingerprint density at radius 2 is 1.76 bits per heavy atom. The fraction of sp³-hybridized carbons (Fsp3) is 0.0500. The molecule has 4 rings (SSSR count). The Morgan fingerprint density at radius 1 is 1.00 bits per heavy atom. The summed E-state index contributed by atoms with van der Waals surface area (Å²) in [5, 5.41) is 0.913. The molecule has 0 saturated heterocycles. The summed E-state index contributed by atoms with van der Waals surface area (Å²) in [5.74, 6) is 1.15. The van der Waals surface area contributed by atoms with Crippen molar-refractivity contribution in [2.24, 2.45) is 0 Å². The fourth-order valence-corrected chi connectivity index (χ4v) is 3.78. The number of benzene rings is 2. The number of rotatable bonds is 4. The van der Waals surface area contributed by atoms with Crippen LogP contribution in [0.1, 0.15) is 15.2 Å². The number of nitrogens with zero attached hydrogens (tertiary/aromatic N) is 2. The fourth-order valence-electron chi connectivity index (χ4n) is 2.77. The topological polar surface area (TPSA) is 52.1 Å². The van der Waals surface area contributed by atoms with Crippen LogP contribution in [0.5, 0.6) is 11.6 Å². The number of hydrogen-bond donors (Lipinski definition) is 0. The molecule has 5 heteroatoms. The Labute approximate surface area is 148 Å². The Morgan fingerprint density at radius 3 is 2.48 bits per heavy atom. The van der Waals surface area contributed by atoms with Crippen LogP contribution in [0.3, 0.4) is 0 Å². The number of ether oxygens (including phenoxy) is 1. The van der Waals surface area contributed by atoms with E-state index in [2.05, 4.69) is 29.0 Å². The maximum absolute atomic E-state index is 10.8. The van der Waals surface area contributed by atoms with Gasteiger partial charge in [-0.2, -0.15) is 0 Å². The monoisotopic (exact) mass is 346 g/mol. The third-order valence-electron chi connectivity index (χ3n) is 3.92. The van der Waals surface area contributed by atoms with Crippen molar-refractivity contribution in [3.63, 3.8) is 0 Å². The van der Waals surface area contributed by atoms with Crippen molar-refractivity contribution < 1.29 is 9.53 Å². The molecule has 0 amide bonds. The molecule has 2 heterocycles. The maximum atomic E-state index is 10.8. The number of aromatic nitrogens is 2.